The highest BCUT2D eigenvalue weighted by Gasteiger charge is 2.35. The number of amides is 2. The average Bonchev–Trinajstić information content (AvgIpc) is 3.40. The molecule has 31 heavy (non-hydrogen) atoms. The molecule has 160 valence electrons. The van der Waals surface area contributed by atoms with Gasteiger partial charge in [-0.1, -0.05) is 18.2 Å². The largest absolute Gasteiger partial charge is 0.486 e. The molecule has 0 bridgehead atoms. The summed E-state index contributed by atoms with van der Waals surface area (Å²) in [4.78, 5) is 26.8. The van der Waals surface area contributed by atoms with Crippen LogP contribution in [0.4, 0.5) is 5.69 Å². The normalized spacial score (nSPS) is 17.9. The van der Waals surface area contributed by atoms with E-state index in [1.807, 2.05) is 30.3 Å². The number of anilines is 1. The van der Waals surface area contributed by atoms with Crippen molar-refractivity contribution in [3.8, 4) is 11.5 Å². The van der Waals surface area contributed by atoms with E-state index in [0.717, 1.165) is 18.7 Å². The minimum atomic E-state index is -0.340. The highest BCUT2D eigenvalue weighted by Crippen LogP contribution is 2.36. The van der Waals surface area contributed by atoms with Crippen LogP contribution in [-0.2, 0) is 16.1 Å². The van der Waals surface area contributed by atoms with Crippen molar-refractivity contribution >= 4 is 28.4 Å². The van der Waals surface area contributed by atoms with Gasteiger partial charge in [-0.25, -0.2) is 0 Å². The highest BCUT2D eigenvalue weighted by atomic mass is 16.6. The number of aromatic nitrogens is 1. The molecule has 0 aliphatic carbocycles. The first kappa shape index (κ1) is 19.5. The molecule has 2 amide bonds. The molecule has 7 heteroatoms. The number of hydrogen-bond acceptors (Lipinski definition) is 4. The number of carbonyl (C=O) groups is 2. The Bertz CT molecular complexity index is 1120. The van der Waals surface area contributed by atoms with Gasteiger partial charge in [0.05, 0.1) is 5.92 Å². The van der Waals surface area contributed by atoms with Crippen molar-refractivity contribution in [3.05, 3.63) is 54.7 Å². The number of rotatable bonds is 6. The summed E-state index contributed by atoms with van der Waals surface area (Å²) in [5.74, 6) is 0.878. The van der Waals surface area contributed by atoms with Crippen LogP contribution in [-0.4, -0.2) is 42.7 Å². The van der Waals surface area contributed by atoms with Crippen molar-refractivity contribution in [2.45, 2.75) is 19.4 Å². The molecule has 2 aromatic carbocycles. The lowest BCUT2D eigenvalue weighted by Crippen LogP contribution is -2.33. The second-order valence-corrected chi connectivity index (χ2v) is 7.95. The van der Waals surface area contributed by atoms with Crippen molar-refractivity contribution in [2.24, 2.45) is 5.92 Å². The zero-order chi connectivity index (χ0) is 21.2. The van der Waals surface area contributed by atoms with Crippen molar-refractivity contribution in [2.75, 3.05) is 31.2 Å². The molecule has 3 heterocycles. The van der Waals surface area contributed by atoms with Gasteiger partial charge in [-0.15, -0.1) is 0 Å². The van der Waals surface area contributed by atoms with Gasteiger partial charge in [-0.3, -0.25) is 9.59 Å². The highest BCUT2D eigenvalue weighted by molar-refractivity contribution is 6.00. The van der Waals surface area contributed by atoms with E-state index < -0.39 is 0 Å². The predicted molar refractivity (Wildman–Crippen MR) is 117 cm³/mol. The van der Waals surface area contributed by atoms with Gasteiger partial charge in [0, 0.05) is 49.5 Å². The molecule has 2 aliphatic heterocycles. The Morgan fingerprint density at radius 1 is 1.06 bits per heavy atom. The minimum absolute atomic E-state index is 0.0457. The third kappa shape index (κ3) is 3.95. The molecule has 1 N–H and O–H groups in total. The Morgan fingerprint density at radius 3 is 2.81 bits per heavy atom. The number of carbonyl (C=O) groups excluding carboxylic acids is 2. The van der Waals surface area contributed by atoms with E-state index in [0.29, 0.717) is 37.8 Å². The SMILES string of the molecule is O=C(NCCCn1ccc2ccccc21)[C@@H]1CC(=O)N(c2ccc3c(c2)OCCO3)C1. The minimum Gasteiger partial charge on any atom is -0.486 e. The van der Waals surface area contributed by atoms with Crippen LogP contribution in [0.15, 0.2) is 54.7 Å². The van der Waals surface area contributed by atoms with E-state index >= 15 is 0 Å². The number of nitrogens with zero attached hydrogens (tertiary/aromatic N) is 2. The summed E-state index contributed by atoms with van der Waals surface area (Å²) in [6, 6.07) is 15.8. The predicted octanol–water partition coefficient (Wildman–Crippen LogP) is 2.97. The third-order valence-corrected chi connectivity index (χ3v) is 5.89. The summed E-state index contributed by atoms with van der Waals surface area (Å²) >= 11 is 0. The smallest absolute Gasteiger partial charge is 0.227 e. The van der Waals surface area contributed by atoms with Gasteiger partial charge in [0.1, 0.15) is 13.2 Å². The Hall–Kier alpha value is -3.48. The number of fused-ring (bicyclic) bond motifs is 2. The molecule has 1 aromatic heterocycles. The Labute approximate surface area is 180 Å². The number of benzene rings is 2. The number of hydrogen-bond donors (Lipinski definition) is 1. The Kier molecular flexibility index (Phi) is 5.24. The molecular weight excluding hydrogens is 394 g/mol. The number of nitrogens with one attached hydrogen (secondary N) is 1. The molecule has 1 saturated heterocycles. The summed E-state index contributed by atoms with van der Waals surface area (Å²) in [6.45, 7) is 2.82. The van der Waals surface area contributed by atoms with E-state index in [1.165, 1.54) is 10.9 Å². The number of para-hydroxylation sites is 1. The topological polar surface area (TPSA) is 72.8 Å². The van der Waals surface area contributed by atoms with E-state index in [9.17, 15) is 9.59 Å². The molecule has 2 aliphatic rings. The molecule has 3 aromatic rings. The van der Waals surface area contributed by atoms with Crippen LogP contribution < -0.4 is 19.7 Å². The molecule has 7 nitrogen and oxygen atoms in total. The monoisotopic (exact) mass is 419 g/mol. The van der Waals surface area contributed by atoms with Crippen LogP contribution in [0.2, 0.25) is 0 Å². The van der Waals surface area contributed by atoms with E-state index in [2.05, 4.69) is 34.3 Å². The Morgan fingerprint density at radius 2 is 1.90 bits per heavy atom. The van der Waals surface area contributed by atoms with Crippen LogP contribution >= 0.6 is 0 Å². The van der Waals surface area contributed by atoms with Gasteiger partial charge in [0.15, 0.2) is 11.5 Å². The van der Waals surface area contributed by atoms with Crippen LogP contribution in [0.5, 0.6) is 11.5 Å². The van der Waals surface area contributed by atoms with Crippen molar-refractivity contribution in [1.82, 2.24) is 9.88 Å². The van der Waals surface area contributed by atoms with Gasteiger partial charge < -0.3 is 24.3 Å². The van der Waals surface area contributed by atoms with Crippen LogP contribution in [0.1, 0.15) is 12.8 Å². The molecule has 5 rings (SSSR count). The zero-order valence-electron chi connectivity index (χ0n) is 17.3. The lowest BCUT2D eigenvalue weighted by molar-refractivity contribution is -0.126. The Balaban J connectivity index is 1.14. The molecule has 1 atom stereocenters. The van der Waals surface area contributed by atoms with Gasteiger partial charge >= 0.3 is 0 Å². The second kappa shape index (κ2) is 8.34. The quantitative estimate of drug-likeness (QED) is 0.624. The summed E-state index contributed by atoms with van der Waals surface area (Å²) in [6.07, 6.45) is 3.13. The standard InChI is InChI=1S/C24H25N3O4/c28-23-14-18(16-27(23)19-6-7-21-22(15-19)31-13-12-30-21)24(29)25-9-3-10-26-11-8-17-4-1-2-5-20(17)26/h1-2,4-8,11,15,18H,3,9-10,12-14,16H2,(H,25,29)/t18-/m1/s1. The second-order valence-electron chi connectivity index (χ2n) is 7.95. The number of aryl methyl sites for hydroxylation is 1. The molecule has 1 fully saturated rings. The average molecular weight is 419 g/mol. The molecule has 0 spiro atoms. The fourth-order valence-electron chi connectivity index (χ4n) is 4.27. The lowest BCUT2D eigenvalue weighted by Gasteiger charge is -2.22. The van der Waals surface area contributed by atoms with Crippen LogP contribution in [0, 0.1) is 5.92 Å². The fourth-order valence-corrected chi connectivity index (χ4v) is 4.27. The molecule has 0 radical (unpaired) electrons. The van der Waals surface area contributed by atoms with Gasteiger partial charge in [0.25, 0.3) is 0 Å². The van der Waals surface area contributed by atoms with Crippen molar-refractivity contribution in [3.63, 3.8) is 0 Å². The van der Waals surface area contributed by atoms with Gasteiger partial charge in [0.2, 0.25) is 11.8 Å². The van der Waals surface area contributed by atoms with Crippen LogP contribution in [0.3, 0.4) is 0 Å². The maximum atomic E-state index is 12.6. The maximum Gasteiger partial charge on any atom is 0.227 e. The van der Waals surface area contributed by atoms with Crippen LogP contribution in [0.25, 0.3) is 10.9 Å². The summed E-state index contributed by atoms with van der Waals surface area (Å²) in [5.41, 5.74) is 1.94. The van der Waals surface area contributed by atoms with Crippen molar-refractivity contribution in [1.29, 1.82) is 0 Å². The van der Waals surface area contributed by atoms with E-state index in [4.69, 9.17) is 9.47 Å². The lowest BCUT2D eigenvalue weighted by atomic mass is 10.1. The molecule has 0 unspecified atom stereocenters. The summed E-state index contributed by atoms with van der Waals surface area (Å²) in [7, 11) is 0. The first-order valence-electron chi connectivity index (χ1n) is 10.7. The van der Waals surface area contributed by atoms with E-state index in [-0.39, 0.29) is 24.2 Å². The fraction of sp³-hybridized carbons (Fsp3) is 0.333. The maximum absolute atomic E-state index is 12.6. The van der Waals surface area contributed by atoms with E-state index in [1.54, 1.807) is 4.90 Å². The molecular formula is C24H25N3O4. The van der Waals surface area contributed by atoms with Gasteiger partial charge in [-0.05, 0) is 36.1 Å². The zero-order valence-corrected chi connectivity index (χ0v) is 17.3. The number of ether oxygens (including phenoxy) is 2. The first-order chi connectivity index (χ1) is 15.2. The molecule has 0 saturated carbocycles. The summed E-state index contributed by atoms with van der Waals surface area (Å²) < 4.78 is 13.3. The third-order valence-electron chi connectivity index (χ3n) is 5.89. The van der Waals surface area contributed by atoms with Gasteiger partial charge in [-0.2, -0.15) is 0 Å². The first-order valence-corrected chi connectivity index (χ1v) is 10.7. The summed E-state index contributed by atoms with van der Waals surface area (Å²) in [5, 5.41) is 4.22. The van der Waals surface area contributed by atoms with Crippen molar-refractivity contribution < 1.29 is 19.1 Å².